The zero-order valence-electron chi connectivity index (χ0n) is 18.4. The topological polar surface area (TPSA) is 69.0 Å². The average Bonchev–Trinajstić information content (AvgIpc) is 3.14. The van der Waals surface area contributed by atoms with Gasteiger partial charge in [-0.05, 0) is 54.4 Å². The molecule has 0 saturated heterocycles. The number of carbonyl (C=O) groups is 1. The second kappa shape index (κ2) is 9.87. The lowest BCUT2D eigenvalue weighted by Gasteiger charge is -2.12. The van der Waals surface area contributed by atoms with Gasteiger partial charge in [-0.25, -0.2) is 0 Å². The Morgan fingerprint density at radius 2 is 1.81 bits per heavy atom. The van der Waals surface area contributed by atoms with Crippen molar-refractivity contribution < 1.29 is 9.53 Å². The Kier molecular flexibility index (Phi) is 6.75. The van der Waals surface area contributed by atoms with Crippen LogP contribution in [0.1, 0.15) is 25.2 Å². The van der Waals surface area contributed by atoms with Crippen LogP contribution >= 0.6 is 11.8 Å². The van der Waals surface area contributed by atoms with E-state index in [0.717, 1.165) is 22.4 Å². The molecule has 0 saturated carbocycles. The summed E-state index contributed by atoms with van der Waals surface area (Å²) in [6.45, 7) is 4.42. The predicted molar refractivity (Wildman–Crippen MR) is 129 cm³/mol. The van der Waals surface area contributed by atoms with Gasteiger partial charge in [0.1, 0.15) is 11.6 Å². The SMILES string of the molecule is CCOc1ccc(NC(=O)[C@H](C)Sc2nnc(Cc3cccc4ccccc34)n2C)cc1. The quantitative estimate of drug-likeness (QED) is 0.382. The van der Waals surface area contributed by atoms with Crippen LogP contribution in [-0.4, -0.2) is 32.5 Å². The second-order valence-corrected chi connectivity index (χ2v) is 8.79. The molecule has 1 N–H and O–H groups in total. The van der Waals surface area contributed by atoms with Crippen LogP contribution in [0.15, 0.2) is 71.9 Å². The maximum absolute atomic E-state index is 12.7. The highest BCUT2D eigenvalue weighted by Crippen LogP contribution is 2.25. The van der Waals surface area contributed by atoms with Crippen molar-refractivity contribution in [3.05, 3.63) is 78.1 Å². The minimum absolute atomic E-state index is 0.0854. The number of ether oxygens (including phenoxy) is 1. The molecule has 1 aromatic heterocycles. The number of anilines is 1. The van der Waals surface area contributed by atoms with Gasteiger partial charge in [0.25, 0.3) is 0 Å². The number of fused-ring (bicyclic) bond motifs is 1. The van der Waals surface area contributed by atoms with Crippen molar-refractivity contribution in [2.75, 3.05) is 11.9 Å². The van der Waals surface area contributed by atoms with E-state index in [9.17, 15) is 4.79 Å². The van der Waals surface area contributed by atoms with Crippen molar-refractivity contribution in [3.63, 3.8) is 0 Å². The maximum Gasteiger partial charge on any atom is 0.237 e. The Morgan fingerprint density at radius 1 is 1.06 bits per heavy atom. The number of amides is 1. The van der Waals surface area contributed by atoms with Crippen molar-refractivity contribution >= 4 is 34.1 Å². The monoisotopic (exact) mass is 446 g/mol. The minimum Gasteiger partial charge on any atom is -0.494 e. The lowest BCUT2D eigenvalue weighted by molar-refractivity contribution is -0.115. The van der Waals surface area contributed by atoms with Crippen LogP contribution in [0.4, 0.5) is 5.69 Å². The zero-order chi connectivity index (χ0) is 22.5. The lowest BCUT2D eigenvalue weighted by atomic mass is 10.0. The summed E-state index contributed by atoms with van der Waals surface area (Å²) in [5, 5.41) is 14.5. The van der Waals surface area contributed by atoms with Gasteiger partial charge in [0.05, 0.1) is 11.9 Å². The van der Waals surface area contributed by atoms with Crippen LogP contribution in [0.2, 0.25) is 0 Å². The number of thioether (sulfide) groups is 1. The van der Waals surface area contributed by atoms with E-state index in [2.05, 4.69) is 51.9 Å². The zero-order valence-corrected chi connectivity index (χ0v) is 19.2. The Balaban J connectivity index is 1.42. The molecule has 0 fully saturated rings. The van der Waals surface area contributed by atoms with Gasteiger partial charge in [0.2, 0.25) is 5.91 Å². The number of aromatic nitrogens is 3. The van der Waals surface area contributed by atoms with Crippen LogP contribution in [-0.2, 0) is 18.3 Å². The molecule has 3 aromatic carbocycles. The van der Waals surface area contributed by atoms with Crippen molar-refractivity contribution in [2.24, 2.45) is 7.05 Å². The molecule has 32 heavy (non-hydrogen) atoms. The van der Waals surface area contributed by atoms with Gasteiger partial charge in [0.15, 0.2) is 5.16 Å². The highest BCUT2D eigenvalue weighted by atomic mass is 32.2. The first-order valence-electron chi connectivity index (χ1n) is 10.6. The molecule has 0 bridgehead atoms. The summed E-state index contributed by atoms with van der Waals surface area (Å²) in [7, 11) is 1.94. The summed E-state index contributed by atoms with van der Waals surface area (Å²) in [5.74, 6) is 1.56. The van der Waals surface area contributed by atoms with Gasteiger partial charge in [-0.2, -0.15) is 0 Å². The van der Waals surface area contributed by atoms with Crippen LogP contribution < -0.4 is 10.1 Å². The maximum atomic E-state index is 12.7. The molecule has 1 heterocycles. The molecule has 6 nitrogen and oxygen atoms in total. The normalized spacial score (nSPS) is 12.0. The molecule has 0 aliphatic heterocycles. The summed E-state index contributed by atoms with van der Waals surface area (Å²) in [6, 6.07) is 22.0. The Hall–Kier alpha value is -3.32. The number of carbonyl (C=O) groups excluding carboxylic acids is 1. The minimum atomic E-state index is -0.324. The van der Waals surface area contributed by atoms with Gasteiger partial charge in [-0.3, -0.25) is 4.79 Å². The summed E-state index contributed by atoms with van der Waals surface area (Å²) >= 11 is 1.40. The average molecular weight is 447 g/mol. The number of hydrogen-bond acceptors (Lipinski definition) is 5. The fourth-order valence-electron chi connectivity index (χ4n) is 3.48. The largest absolute Gasteiger partial charge is 0.494 e. The van der Waals surface area contributed by atoms with E-state index in [0.29, 0.717) is 13.0 Å². The third-order valence-corrected chi connectivity index (χ3v) is 6.37. The van der Waals surface area contributed by atoms with Gasteiger partial charge in [-0.15, -0.1) is 10.2 Å². The van der Waals surface area contributed by atoms with Crippen LogP contribution in [0.25, 0.3) is 10.8 Å². The molecule has 1 atom stereocenters. The van der Waals surface area contributed by atoms with Gasteiger partial charge in [-0.1, -0.05) is 54.2 Å². The summed E-state index contributed by atoms with van der Waals surface area (Å²) in [4.78, 5) is 12.7. The van der Waals surface area contributed by atoms with Gasteiger partial charge < -0.3 is 14.6 Å². The van der Waals surface area contributed by atoms with E-state index in [1.165, 1.54) is 28.1 Å². The smallest absolute Gasteiger partial charge is 0.237 e. The van der Waals surface area contributed by atoms with E-state index in [1.807, 2.05) is 55.8 Å². The van der Waals surface area contributed by atoms with E-state index in [1.54, 1.807) is 0 Å². The van der Waals surface area contributed by atoms with Crippen LogP contribution in [0.3, 0.4) is 0 Å². The highest BCUT2D eigenvalue weighted by molar-refractivity contribution is 8.00. The molecule has 0 radical (unpaired) electrons. The number of benzene rings is 3. The Labute approximate surface area is 192 Å². The standard InChI is InChI=1S/C25H26N4O2S/c1-4-31-21-14-12-20(13-15-21)26-24(30)17(2)32-25-28-27-23(29(25)3)16-19-10-7-9-18-8-5-6-11-22(18)19/h5-15,17H,4,16H2,1-3H3,(H,26,30)/t17-/m0/s1. The predicted octanol–water partition coefficient (Wildman–Crippen LogP) is 5.08. The first kappa shape index (κ1) is 21.9. The molecule has 4 rings (SSSR count). The molecule has 4 aromatic rings. The summed E-state index contributed by atoms with van der Waals surface area (Å²) in [5.41, 5.74) is 1.94. The van der Waals surface area contributed by atoms with Crippen molar-refractivity contribution in [2.45, 2.75) is 30.7 Å². The van der Waals surface area contributed by atoms with E-state index < -0.39 is 0 Å². The number of nitrogens with zero attached hydrogens (tertiary/aromatic N) is 3. The number of hydrogen-bond donors (Lipinski definition) is 1. The first-order valence-corrected chi connectivity index (χ1v) is 11.5. The molecular weight excluding hydrogens is 420 g/mol. The molecule has 0 unspecified atom stereocenters. The third kappa shape index (κ3) is 4.94. The number of rotatable bonds is 8. The fourth-order valence-corrected chi connectivity index (χ4v) is 4.31. The van der Waals surface area contributed by atoms with Crippen LogP contribution in [0, 0.1) is 0 Å². The molecule has 1 amide bonds. The summed E-state index contributed by atoms with van der Waals surface area (Å²) < 4.78 is 7.40. The molecular formula is C25H26N4O2S. The van der Waals surface area contributed by atoms with Crippen molar-refractivity contribution in [3.8, 4) is 5.75 Å². The van der Waals surface area contributed by atoms with Gasteiger partial charge >= 0.3 is 0 Å². The van der Waals surface area contributed by atoms with Gasteiger partial charge in [0, 0.05) is 19.2 Å². The molecule has 0 aliphatic rings. The summed E-state index contributed by atoms with van der Waals surface area (Å²) in [6.07, 6.45) is 0.679. The Morgan fingerprint density at radius 3 is 2.59 bits per heavy atom. The fraction of sp³-hybridized carbons (Fsp3) is 0.240. The molecule has 7 heteroatoms. The molecule has 0 aliphatic carbocycles. The van der Waals surface area contributed by atoms with Crippen LogP contribution in [0.5, 0.6) is 5.75 Å². The number of nitrogens with one attached hydrogen (secondary N) is 1. The molecule has 0 spiro atoms. The highest BCUT2D eigenvalue weighted by Gasteiger charge is 2.19. The van der Waals surface area contributed by atoms with E-state index in [4.69, 9.17) is 4.74 Å². The van der Waals surface area contributed by atoms with Crippen molar-refractivity contribution in [1.82, 2.24) is 14.8 Å². The molecule has 164 valence electrons. The third-order valence-electron chi connectivity index (χ3n) is 5.24. The van der Waals surface area contributed by atoms with E-state index >= 15 is 0 Å². The second-order valence-electron chi connectivity index (χ2n) is 7.48. The van der Waals surface area contributed by atoms with E-state index in [-0.39, 0.29) is 11.2 Å². The Bertz CT molecular complexity index is 1220. The first-order chi connectivity index (χ1) is 15.5. The lowest BCUT2D eigenvalue weighted by Crippen LogP contribution is -2.22. The van der Waals surface area contributed by atoms with Crippen molar-refractivity contribution in [1.29, 1.82) is 0 Å².